The van der Waals surface area contributed by atoms with Crippen LogP contribution >= 0.6 is 0 Å². The van der Waals surface area contributed by atoms with Crippen molar-refractivity contribution in [2.24, 2.45) is 0 Å². The van der Waals surface area contributed by atoms with Crippen molar-refractivity contribution in [1.29, 1.82) is 0 Å². The molecule has 0 saturated heterocycles. The molecule has 2 amide bonds. The van der Waals surface area contributed by atoms with Gasteiger partial charge in [0.2, 0.25) is 5.91 Å². The van der Waals surface area contributed by atoms with Gasteiger partial charge in [0, 0.05) is 25.3 Å². The van der Waals surface area contributed by atoms with Gasteiger partial charge in [-0.3, -0.25) is 19.3 Å². The number of methoxy groups -OCH3 is 1. The molecule has 1 aliphatic heterocycles. The lowest BCUT2D eigenvalue weighted by Crippen LogP contribution is -2.53. The average molecular weight is 336 g/mol. The van der Waals surface area contributed by atoms with Crippen LogP contribution in [-0.2, 0) is 19.1 Å². The maximum Gasteiger partial charge on any atom is 0.303 e. The van der Waals surface area contributed by atoms with Crippen molar-refractivity contribution in [2.45, 2.75) is 32.3 Å². The Balaban J connectivity index is 2.22. The molecule has 0 unspecified atom stereocenters. The number of benzene rings is 1. The van der Waals surface area contributed by atoms with E-state index in [1.165, 1.54) is 12.0 Å². The number of fused-ring (bicyclic) bond motifs is 1. The highest BCUT2D eigenvalue weighted by Crippen LogP contribution is 2.39. The zero-order valence-corrected chi connectivity index (χ0v) is 13.8. The Morgan fingerprint density at radius 2 is 2.04 bits per heavy atom. The van der Waals surface area contributed by atoms with Gasteiger partial charge in [-0.15, -0.1) is 0 Å². The van der Waals surface area contributed by atoms with E-state index in [4.69, 9.17) is 14.6 Å². The Kier molecular flexibility index (Phi) is 5.08. The SMILES string of the molecule is COCN1C(=O)C(C)(C)Oc2cc(NC(=O)CCC(=O)O)ccc21. The number of nitrogens with zero attached hydrogens (tertiary/aromatic N) is 1. The summed E-state index contributed by atoms with van der Waals surface area (Å²) in [6, 6.07) is 4.87. The van der Waals surface area contributed by atoms with Crippen molar-refractivity contribution in [3.8, 4) is 5.75 Å². The molecular weight excluding hydrogens is 316 g/mol. The number of carboxylic acid groups (broad SMARTS) is 1. The molecule has 8 nitrogen and oxygen atoms in total. The molecule has 2 N–H and O–H groups in total. The highest BCUT2D eigenvalue weighted by atomic mass is 16.5. The second-order valence-electron chi connectivity index (χ2n) is 5.89. The smallest absolute Gasteiger partial charge is 0.303 e. The number of nitrogens with one attached hydrogen (secondary N) is 1. The van der Waals surface area contributed by atoms with Gasteiger partial charge >= 0.3 is 5.97 Å². The maximum absolute atomic E-state index is 12.4. The third-order valence-electron chi connectivity index (χ3n) is 3.48. The molecule has 0 radical (unpaired) electrons. The maximum atomic E-state index is 12.4. The molecule has 0 bridgehead atoms. The predicted octanol–water partition coefficient (Wildman–Crippen LogP) is 1.60. The molecule has 1 heterocycles. The molecule has 0 saturated carbocycles. The molecule has 8 heteroatoms. The predicted molar refractivity (Wildman–Crippen MR) is 86.0 cm³/mol. The summed E-state index contributed by atoms with van der Waals surface area (Å²) in [5.41, 5.74) is -0.0475. The fourth-order valence-electron chi connectivity index (χ4n) is 2.35. The summed E-state index contributed by atoms with van der Waals surface area (Å²) in [7, 11) is 1.49. The summed E-state index contributed by atoms with van der Waals surface area (Å²) in [5.74, 6) is -1.23. The van der Waals surface area contributed by atoms with Crippen molar-refractivity contribution in [3.63, 3.8) is 0 Å². The summed E-state index contributed by atoms with van der Waals surface area (Å²) in [4.78, 5) is 36.1. The Bertz CT molecular complexity index is 671. The number of carbonyl (C=O) groups is 3. The first-order chi connectivity index (χ1) is 11.2. The van der Waals surface area contributed by atoms with E-state index in [9.17, 15) is 14.4 Å². The third-order valence-corrected chi connectivity index (χ3v) is 3.48. The summed E-state index contributed by atoms with van der Waals surface area (Å²) in [6.07, 6.45) is -0.358. The second kappa shape index (κ2) is 6.88. The van der Waals surface area contributed by atoms with Crippen LogP contribution in [0.2, 0.25) is 0 Å². The van der Waals surface area contributed by atoms with Crippen LogP contribution in [-0.4, -0.2) is 42.3 Å². The topological polar surface area (TPSA) is 105 Å². The minimum absolute atomic E-state index is 0.0863. The van der Waals surface area contributed by atoms with Gasteiger partial charge in [-0.05, 0) is 26.0 Å². The summed E-state index contributed by atoms with van der Waals surface area (Å²) >= 11 is 0. The van der Waals surface area contributed by atoms with Gasteiger partial charge in [-0.2, -0.15) is 0 Å². The molecule has 130 valence electrons. The Morgan fingerprint density at radius 1 is 1.33 bits per heavy atom. The molecule has 0 spiro atoms. The van der Waals surface area contributed by atoms with E-state index in [1.807, 2.05) is 0 Å². The van der Waals surface area contributed by atoms with Crippen LogP contribution in [0.4, 0.5) is 11.4 Å². The lowest BCUT2D eigenvalue weighted by atomic mass is 10.0. The standard InChI is InChI=1S/C16H20N2O6/c1-16(2)15(22)18(9-23-3)11-5-4-10(8-12(11)24-16)17-13(19)6-7-14(20)21/h4-5,8H,6-7,9H2,1-3H3,(H,17,19)(H,20,21). The van der Waals surface area contributed by atoms with Crippen LogP contribution in [0.3, 0.4) is 0 Å². The lowest BCUT2D eigenvalue weighted by molar-refractivity contribution is -0.138. The largest absolute Gasteiger partial charge is 0.481 e. The molecule has 1 aliphatic rings. The number of carbonyl (C=O) groups excluding carboxylic acids is 2. The van der Waals surface area contributed by atoms with E-state index in [0.717, 1.165) is 0 Å². The lowest BCUT2D eigenvalue weighted by Gasteiger charge is -2.38. The van der Waals surface area contributed by atoms with Gasteiger partial charge < -0.3 is 19.9 Å². The van der Waals surface area contributed by atoms with E-state index in [-0.39, 0.29) is 25.5 Å². The summed E-state index contributed by atoms with van der Waals surface area (Å²) in [5, 5.41) is 11.2. The number of aliphatic carboxylic acids is 1. The Morgan fingerprint density at radius 3 is 2.67 bits per heavy atom. The Hall–Kier alpha value is -2.61. The molecule has 0 aliphatic carbocycles. The highest BCUT2D eigenvalue weighted by molar-refractivity contribution is 6.03. The molecule has 0 aromatic heterocycles. The average Bonchev–Trinajstić information content (AvgIpc) is 2.49. The van der Waals surface area contributed by atoms with Crippen LogP contribution in [0.5, 0.6) is 5.75 Å². The first kappa shape index (κ1) is 17.7. The number of rotatable bonds is 6. The summed E-state index contributed by atoms with van der Waals surface area (Å²) in [6.45, 7) is 3.39. The first-order valence-corrected chi connectivity index (χ1v) is 7.40. The van der Waals surface area contributed by atoms with Crippen molar-refractivity contribution in [3.05, 3.63) is 18.2 Å². The molecule has 1 aromatic rings. The van der Waals surface area contributed by atoms with Crippen LogP contribution in [0.1, 0.15) is 26.7 Å². The quantitative estimate of drug-likeness (QED) is 0.817. The number of ether oxygens (including phenoxy) is 2. The minimum Gasteiger partial charge on any atom is -0.481 e. The number of carboxylic acids is 1. The number of hydrogen-bond donors (Lipinski definition) is 2. The van der Waals surface area contributed by atoms with Crippen LogP contribution < -0.4 is 15.0 Å². The molecule has 0 fully saturated rings. The normalized spacial score (nSPS) is 15.5. The number of hydrogen-bond acceptors (Lipinski definition) is 5. The zero-order valence-electron chi connectivity index (χ0n) is 13.8. The van der Waals surface area contributed by atoms with Crippen molar-refractivity contribution < 1.29 is 29.0 Å². The van der Waals surface area contributed by atoms with E-state index in [0.29, 0.717) is 17.1 Å². The fraction of sp³-hybridized carbons (Fsp3) is 0.438. The second-order valence-corrected chi connectivity index (χ2v) is 5.89. The van der Waals surface area contributed by atoms with Gasteiger partial charge in [-0.25, -0.2) is 0 Å². The van der Waals surface area contributed by atoms with E-state index in [2.05, 4.69) is 5.32 Å². The monoisotopic (exact) mass is 336 g/mol. The minimum atomic E-state index is -1.06. The van der Waals surface area contributed by atoms with E-state index < -0.39 is 17.5 Å². The van der Waals surface area contributed by atoms with Gasteiger partial charge in [0.05, 0.1) is 12.1 Å². The third kappa shape index (κ3) is 3.83. The van der Waals surface area contributed by atoms with Gasteiger partial charge in [0.25, 0.3) is 5.91 Å². The molecule has 1 aromatic carbocycles. The Labute approximate surface area is 139 Å². The van der Waals surface area contributed by atoms with E-state index in [1.54, 1.807) is 32.0 Å². The van der Waals surface area contributed by atoms with Crippen LogP contribution in [0.25, 0.3) is 0 Å². The van der Waals surface area contributed by atoms with E-state index >= 15 is 0 Å². The fourth-order valence-corrected chi connectivity index (χ4v) is 2.35. The molecule has 2 rings (SSSR count). The zero-order chi connectivity index (χ0) is 17.9. The molecular formula is C16H20N2O6. The first-order valence-electron chi connectivity index (χ1n) is 7.40. The van der Waals surface area contributed by atoms with Crippen LogP contribution in [0.15, 0.2) is 18.2 Å². The van der Waals surface area contributed by atoms with Crippen molar-refractivity contribution in [1.82, 2.24) is 0 Å². The summed E-state index contributed by atoms with van der Waals surface area (Å²) < 4.78 is 10.8. The molecule has 0 atom stereocenters. The van der Waals surface area contributed by atoms with Gasteiger partial charge in [0.15, 0.2) is 5.60 Å². The number of amides is 2. The van der Waals surface area contributed by atoms with Gasteiger partial charge in [0.1, 0.15) is 12.5 Å². The highest BCUT2D eigenvalue weighted by Gasteiger charge is 2.41. The van der Waals surface area contributed by atoms with Gasteiger partial charge in [-0.1, -0.05) is 0 Å². The van der Waals surface area contributed by atoms with Crippen LogP contribution in [0, 0.1) is 0 Å². The van der Waals surface area contributed by atoms with Crippen molar-refractivity contribution in [2.75, 3.05) is 24.1 Å². The molecule has 24 heavy (non-hydrogen) atoms. The number of anilines is 2. The van der Waals surface area contributed by atoms with Crippen molar-refractivity contribution >= 4 is 29.2 Å².